The van der Waals surface area contributed by atoms with Crippen molar-refractivity contribution in [1.29, 1.82) is 0 Å². The summed E-state index contributed by atoms with van der Waals surface area (Å²) < 4.78 is 32.9. The van der Waals surface area contributed by atoms with Crippen molar-refractivity contribution in [2.24, 2.45) is 5.92 Å². The van der Waals surface area contributed by atoms with Crippen molar-refractivity contribution in [1.82, 2.24) is 4.90 Å². The van der Waals surface area contributed by atoms with Gasteiger partial charge < -0.3 is 4.74 Å². The van der Waals surface area contributed by atoms with E-state index in [1.165, 1.54) is 0 Å². The van der Waals surface area contributed by atoms with E-state index >= 15 is 0 Å². The van der Waals surface area contributed by atoms with Crippen molar-refractivity contribution in [3.8, 4) is 0 Å². The van der Waals surface area contributed by atoms with Gasteiger partial charge in [-0.1, -0.05) is 15.9 Å². The maximum Gasteiger partial charge on any atom is 0.248 e. The lowest BCUT2D eigenvalue weighted by Gasteiger charge is -2.44. The van der Waals surface area contributed by atoms with Gasteiger partial charge in [-0.2, -0.15) is 0 Å². The van der Waals surface area contributed by atoms with Gasteiger partial charge in [-0.3, -0.25) is 4.90 Å². The highest BCUT2D eigenvalue weighted by Gasteiger charge is 2.39. The summed E-state index contributed by atoms with van der Waals surface area (Å²) in [4.78, 5) is 2.31. The minimum absolute atomic E-state index is 0.0593. The molecule has 0 spiro atoms. The van der Waals surface area contributed by atoms with Crippen LogP contribution in [0.5, 0.6) is 0 Å². The molecule has 2 rings (SSSR count). The quantitative estimate of drug-likeness (QED) is 0.727. The maximum atomic E-state index is 13.5. The minimum atomic E-state index is -2.44. The molecule has 1 heterocycles. The standard InChI is InChI=1S/C14H24BrF2NO/c1-13(2)10-18(9-12(7-15)19-13)8-11-4-3-5-14(16,17)6-11/h11-12H,3-10H2,1-2H3. The Morgan fingerprint density at radius 3 is 2.74 bits per heavy atom. The summed E-state index contributed by atoms with van der Waals surface area (Å²) in [6.45, 7) is 6.61. The smallest absolute Gasteiger partial charge is 0.248 e. The number of halogens is 3. The molecule has 1 aliphatic carbocycles. The number of ether oxygens (including phenoxy) is 1. The summed E-state index contributed by atoms with van der Waals surface area (Å²) in [6.07, 6.45) is 1.89. The molecule has 5 heteroatoms. The van der Waals surface area contributed by atoms with Crippen LogP contribution in [0.4, 0.5) is 8.78 Å². The van der Waals surface area contributed by atoms with Crippen LogP contribution in [-0.2, 0) is 4.74 Å². The summed E-state index contributed by atoms with van der Waals surface area (Å²) in [6, 6.07) is 0. The summed E-state index contributed by atoms with van der Waals surface area (Å²) in [5.74, 6) is -2.31. The lowest BCUT2D eigenvalue weighted by Crippen LogP contribution is -2.54. The van der Waals surface area contributed by atoms with Crippen molar-refractivity contribution in [3.63, 3.8) is 0 Å². The first kappa shape index (κ1) is 15.6. The molecule has 0 aromatic heterocycles. The summed E-state index contributed by atoms with van der Waals surface area (Å²) >= 11 is 3.46. The molecule has 2 fully saturated rings. The Kier molecular flexibility index (Phi) is 4.89. The molecule has 0 aromatic carbocycles. The second-order valence-corrected chi connectivity index (χ2v) is 7.31. The van der Waals surface area contributed by atoms with E-state index in [1.54, 1.807) is 0 Å². The van der Waals surface area contributed by atoms with Crippen LogP contribution in [0.3, 0.4) is 0 Å². The van der Waals surface area contributed by atoms with Crippen LogP contribution in [0.2, 0.25) is 0 Å². The molecule has 0 bridgehead atoms. The van der Waals surface area contributed by atoms with Crippen molar-refractivity contribution in [2.45, 2.75) is 57.2 Å². The lowest BCUT2D eigenvalue weighted by molar-refractivity contribution is -0.133. The number of alkyl halides is 3. The van der Waals surface area contributed by atoms with Gasteiger partial charge in [0.1, 0.15) is 0 Å². The van der Waals surface area contributed by atoms with Gasteiger partial charge in [0.05, 0.1) is 11.7 Å². The van der Waals surface area contributed by atoms with Gasteiger partial charge in [-0.25, -0.2) is 8.78 Å². The predicted molar refractivity (Wildman–Crippen MR) is 76.1 cm³/mol. The van der Waals surface area contributed by atoms with Crippen LogP contribution < -0.4 is 0 Å². The zero-order chi connectivity index (χ0) is 14.1. The van der Waals surface area contributed by atoms with E-state index in [4.69, 9.17) is 4.74 Å². The molecule has 1 aliphatic heterocycles. The Bertz CT molecular complexity index is 312. The molecule has 112 valence electrons. The Hall–Kier alpha value is 0.260. The molecular weight excluding hydrogens is 316 g/mol. The molecule has 2 unspecified atom stereocenters. The highest BCUT2D eigenvalue weighted by Crippen LogP contribution is 2.37. The first-order valence-electron chi connectivity index (χ1n) is 7.14. The molecule has 0 N–H and O–H groups in total. The molecular formula is C14H24BrF2NO. The second-order valence-electron chi connectivity index (χ2n) is 6.67. The van der Waals surface area contributed by atoms with E-state index in [0.29, 0.717) is 6.42 Å². The van der Waals surface area contributed by atoms with Crippen LogP contribution in [0.1, 0.15) is 39.5 Å². The summed E-state index contributed by atoms with van der Waals surface area (Å²) in [5.41, 5.74) is -0.187. The van der Waals surface area contributed by atoms with E-state index in [9.17, 15) is 8.78 Å². The van der Waals surface area contributed by atoms with E-state index in [-0.39, 0.29) is 30.5 Å². The van der Waals surface area contributed by atoms with Gasteiger partial charge in [0.2, 0.25) is 5.92 Å². The number of morpholine rings is 1. The third-order valence-electron chi connectivity index (χ3n) is 3.98. The molecule has 2 atom stereocenters. The van der Waals surface area contributed by atoms with E-state index in [2.05, 4.69) is 34.7 Å². The SMILES string of the molecule is CC1(C)CN(CC2CCCC(F)(F)C2)CC(CBr)O1. The number of nitrogens with zero attached hydrogens (tertiary/aromatic N) is 1. The van der Waals surface area contributed by atoms with Gasteiger partial charge in [-0.05, 0) is 32.6 Å². The zero-order valence-corrected chi connectivity index (χ0v) is 13.4. The largest absolute Gasteiger partial charge is 0.369 e. The fraction of sp³-hybridized carbons (Fsp3) is 1.00. The molecule has 0 radical (unpaired) electrons. The lowest BCUT2D eigenvalue weighted by atomic mass is 9.86. The first-order valence-corrected chi connectivity index (χ1v) is 8.26. The fourth-order valence-electron chi connectivity index (χ4n) is 3.43. The van der Waals surface area contributed by atoms with E-state index in [1.807, 2.05) is 0 Å². The third-order valence-corrected chi connectivity index (χ3v) is 4.70. The monoisotopic (exact) mass is 339 g/mol. The molecule has 0 aromatic rings. The molecule has 1 saturated heterocycles. The van der Waals surface area contributed by atoms with Gasteiger partial charge in [0.25, 0.3) is 0 Å². The van der Waals surface area contributed by atoms with Crippen LogP contribution in [-0.4, -0.2) is 47.5 Å². The molecule has 2 nitrogen and oxygen atoms in total. The van der Waals surface area contributed by atoms with Crippen molar-refractivity contribution < 1.29 is 13.5 Å². The van der Waals surface area contributed by atoms with Crippen molar-refractivity contribution >= 4 is 15.9 Å². The third kappa shape index (κ3) is 4.64. The van der Waals surface area contributed by atoms with Crippen molar-refractivity contribution in [2.75, 3.05) is 25.0 Å². The highest BCUT2D eigenvalue weighted by molar-refractivity contribution is 9.09. The van der Waals surface area contributed by atoms with Gasteiger partial charge in [0.15, 0.2) is 0 Å². The average molecular weight is 340 g/mol. The normalized spacial score (nSPS) is 35.2. The van der Waals surface area contributed by atoms with Crippen LogP contribution in [0.25, 0.3) is 0 Å². The molecule has 19 heavy (non-hydrogen) atoms. The fourth-order valence-corrected chi connectivity index (χ4v) is 3.77. The topological polar surface area (TPSA) is 12.5 Å². The Morgan fingerprint density at radius 1 is 1.37 bits per heavy atom. The summed E-state index contributed by atoms with van der Waals surface area (Å²) in [5, 5.41) is 0.799. The number of hydrogen-bond acceptors (Lipinski definition) is 2. The number of hydrogen-bond donors (Lipinski definition) is 0. The average Bonchev–Trinajstić information content (AvgIpc) is 2.25. The minimum Gasteiger partial charge on any atom is -0.369 e. The van der Waals surface area contributed by atoms with Crippen LogP contribution in [0, 0.1) is 5.92 Å². The van der Waals surface area contributed by atoms with E-state index < -0.39 is 5.92 Å². The second kappa shape index (κ2) is 5.94. The van der Waals surface area contributed by atoms with Gasteiger partial charge in [-0.15, -0.1) is 0 Å². The van der Waals surface area contributed by atoms with Crippen molar-refractivity contribution in [3.05, 3.63) is 0 Å². The highest BCUT2D eigenvalue weighted by atomic mass is 79.9. The Balaban J connectivity index is 1.91. The summed E-state index contributed by atoms with van der Waals surface area (Å²) in [7, 11) is 0. The van der Waals surface area contributed by atoms with Crippen LogP contribution in [0.15, 0.2) is 0 Å². The number of rotatable bonds is 3. The van der Waals surface area contributed by atoms with E-state index in [0.717, 1.165) is 31.4 Å². The Morgan fingerprint density at radius 2 is 2.11 bits per heavy atom. The molecule has 0 amide bonds. The predicted octanol–water partition coefficient (Wildman–Crippen LogP) is 3.69. The molecule has 2 aliphatic rings. The first-order chi connectivity index (χ1) is 8.80. The zero-order valence-electron chi connectivity index (χ0n) is 11.8. The maximum absolute atomic E-state index is 13.5. The molecule has 1 saturated carbocycles. The van der Waals surface area contributed by atoms with Gasteiger partial charge in [0, 0.05) is 37.8 Å². The Labute approximate surface area is 123 Å². The van der Waals surface area contributed by atoms with Crippen LogP contribution >= 0.6 is 15.9 Å². The van der Waals surface area contributed by atoms with Gasteiger partial charge >= 0.3 is 0 Å².